The first kappa shape index (κ1) is 19.4. The lowest BCUT2D eigenvalue weighted by atomic mass is 9.96. The van der Waals surface area contributed by atoms with E-state index in [0.717, 1.165) is 12.8 Å². The van der Waals surface area contributed by atoms with Crippen molar-refractivity contribution in [3.8, 4) is 0 Å². The van der Waals surface area contributed by atoms with Crippen LogP contribution in [0.4, 0.5) is 0 Å². The molecule has 0 aromatic carbocycles. The van der Waals surface area contributed by atoms with E-state index in [1.807, 2.05) is 0 Å². The van der Waals surface area contributed by atoms with E-state index in [1.54, 1.807) is 0 Å². The summed E-state index contributed by atoms with van der Waals surface area (Å²) < 4.78 is 0. The molecule has 0 aliphatic carbocycles. The molecule has 0 aliphatic heterocycles. The van der Waals surface area contributed by atoms with Crippen molar-refractivity contribution < 1.29 is 15.0 Å². The van der Waals surface area contributed by atoms with Crippen LogP contribution in [-0.4, -0.2) is 35.9 Å². The van der Waals surface area contributed by atoms with E-state index in [0.29, 0.717) is 13.0 Å². The Hall–Kier alpha value is -0.610. The van der Waals surface area contributed by atoms with Crippen molar-refractivity contribution in [3.63, 3.8) is 0 Å². The number of hydrogen-bond donors (Lipinski definition) is 3. The number of carbonyl (C=O) groups excluding carboxylic acids is 1. The molecule has 0 rings (SSSR count). The van der Waals surface area contributed by atoms with Gasteiger partial charge in [0.05, 0.1) is 6.61 Å². The molecule has 120 valence electrons. The summed E-state index contributed by atoms with van der Waals surface area (Å²) in [6.45, 7) is 2.55. The van der Waals surface area contributed by atoms with Crippen LogP contribution in [0.3, 0.4) is 0 Å². The van der Waals surface area contributed by atoms with Crippen molar-refractivity contribution in [1.82, 2.24) is 5.32 Å². The molecule has 0 heterocycles. The minimum atomic E-state index is -0.105. The van der Waals surface area contributed by atoms with Crippen LogP contribution in [0.5, 0.6) is 0 Å². The predicted octanol–water partition coefficient (Wildman–Crippen LogP) is 2.62. The van der Waals surface area contributed by atoms with E-state index in [4.69, 9.17) is 10.2 Å². The van der Waals surface area contributed by atoms with Crippen LogP contribution in [0, 0.1) is 5.92 Å². The van der Waals surface area contributed by atoms with E-state index in [2.05, 4.69) is 12.2 Å². The van der Waals surface area contributed by atoms with Gasteiger partial charge in [0, 0.05) is 19.1 Å². The number of hydrogen-bond acceptors (Lipinski definition) is 3. The number of rotatable bonds is 14. The lowest BCUT2D eigenvalue weighted by Crippen LogP contribution is -2.33. The Morgan fingerprint density at radius 1 is 0.900 bits per heavy atom. The van der Waals surface area contributed by atoms with Crippen molar-refractivity contribution >= 4 is 5.91 Å². The zero-order valence-corrected chi connectivity index (χ0v) is 13.1. The molecule has 1 unspecified atom stereocenters. The Bertz CT molecular complexity index is 222. The van der Waals surface area contributed by atoms with E-state index in [-0.39, 0.29) is 25.0 Å². The molecule has 0 saturated carbocycles. The average molecular weight is 287 g/mol. The number of aliphatic hydroxyl groups excluding tert-OH is 2. The highest BCUT2D eigenvalue weighted by molar-refractivity contribution is 5.78. The number of aliphatic hydroxyl groups is 2. The highest BCUT2D eigenvalue weighted by Gasteiger charge is 2.16. The van der Waals surface area contributed by atoms with Gasteiger partial charge in [-0.3, -0.25) is 4.79 Å². The maximum atomic E-state index is 11.8. The first-order valence-electron chi connectivity index (χ1n) is 8.25. The first-order chi connectivity index (χ1) is 9.76. The van der Waals surface area contributed by atoms with Gasteiger partial charge in [0.15, 0.2) is 0 Å². The third kappa shape index (κ3) is 11.2. The smallest absolute Gasteiger partial charge is 0.223 e. The van der Waals surface area contributed by atoms with E-state index >= 15 is 0 Å². The standard InChI is InChI=1S/C16H33NO3/c1-2-3-4-5-6-7-8-9-10-15(11-13-18)16(20)17-12-14-19/h15,18-19H,2-14H2,1H3,(H,17,20). The van der Waals surface area contributed by atoms with Gasteiger partial charge in [-0.2, -0.15) is 0 Å². The molecular formula is C16H33NO3. The Labute approximate surface area is 124 Å². The summed E-state index contributed by atoms with van der Waals surface area (Å²) in [4.78, 5) is 11.8. The van der Waals surface area contributed by atoms with Gasteiger partial charge in [-0.1, -0.05) is 58.3 Å². The first-order valence-corrected chi connectivity index (χ1v) is 8.25. The molecule has 0 spiro atoms. The van der Waals surface area contributed by atoms with Crippen LogP contribution in [-0.2, 0) is 4.79 Å². The van der Waals surface area contributed by atoms with E-state index < -0.39 is 0 Å². The summed E-state index contributed by atoms with van der Waals surface area (Å²) in [6, 6.07) is 0. The van der Waals surface area contributed by atoms with Crippen LogP contribution in [0.1, 0.15) is 71.1 Å². The summed E-state index contributed by atoms with van der Waals surface area (Å²) in [6.07, 6.45) is 11.4. The average Bonchev–Trinajstić information content (AvgIpc) is 2.46. The number of carbonyl (C=O) groups is 1. The van der Waals surface area contributed by atoms with E-state index in [9.17, 15) is 4.79 Å². The van der Waals surface area contributed by atoms with Crippen LogP contribution in [0.2, 0.25) is 0 Å². The van der Waals surface area contributed by atoms with Crippen LogP contribution < -0.4 is 5.32 Å². The lowest BCUT2D eigenvalue weighted by Gasteiger charge is -2.15. The molecule has 4 heteroatoms. The molecule has 20 heavy (non-hydrogen) atoms. The Morgan fingerprint density at radius 2 is 1.50 bits per heavy atom. The molecule has 1 amide bonds. The lowest BCUT2D eigenvalue weighted by molar-refractivity contribution is -0.125. The summed E-state index contributed by atoms with van der Waals surface area (Å²) in [5.41, 5.74) is 0. The van der Waals surface area contributed by atoms with Crippen molar-refractivity contribution in [2.24, 2.45) is 5.92 Å². The van der Waals surface area contributed by atoms with Crippen molar-refractivity contribution in [3.05, 3.63) is 0 Å². The molecule has 0 saturated heterocycles. The largest absolute Gasteiger partial charge is 0.396 e. The van der Waals surface area contributed by atoms with Gasteiger partial charge in [-0.05, 0) is 12.8 Å². The Kier molecular flexibility index (Phi) is 14.3. The monoisotopic (exact) mass is 287 g/mol. The SMILES string of the molecule is CCCCCCCCCCC(CCO)C(=O)NCCO. The normalized spacial score (nSPS) is 12.3. The molecule has 1 atom stereocenters. The molecule has 0 fully saturated rings. The van der Waals surface area contributed by atoms with Gasteiger partial charge in [-0.25, -0.2) is 0 Å². The topological polar surface area (TPSA) is 69.6 Å². The van der Waals surface area contributed by atoms with Gasteiger partial charge in [-0.15, -0.1) is 0 Å². The molecule has 0 bridgehead atoms. The highest BCUT2D eigenvalue weighted by Crippen LogP contribution is 2.16. The Balaban J connectivity index is 3.62. The maximum Gasteiger partial charge on any atom is 0.223 e. The molecule has 0 aromatic rings. The number of unbranched alkanes of at least 4 members (excludes halogenated alkanes) is 7. The summed E-state index contributed by atoms with van der Waals surface area (Å²) in [7, 11) is 0. The highest BCUT2D eigenvalue weighted by atomic mass is 16.3. The summed E-state index contributed by atoms with van der Waals surface area (Å²) in [5.74, 6) is -0.136. The molecule has 0 radical (unpaired) electrons. The molecule has 0 aliphatic rings. The quantitative estimate of drug-likeness (QED) is 0.430. The fourth-order valence-corrected chi connectivity index (χ4v) is 2.41. The second-order valence-corrected chi connectivity index (χ2v) is 5.49. The van der Waals surface area contributed by atoms with Gasteiger partial charge >= 0.3 is 0 Å². The number of amides is 1. The summed E-state index contributed by atoms with van der Waals surface area (Å²) >= 11 is 0. The van der Waals surface area contributed by atoms with Crippen molar-refractivity contribution in [1.29, 1.82) is 0 Å². The van der Waals surface area contributed by atoms with Gasteiger partial charge < -0.3 is 15.5 Å². The fraction of sp³-hybridized carbons (Fsp3) is 0.938. The predicted molar refractivity (Wildman–Crippen MR) is 82.5 cm³/mol. The Morgan fingerprint density at radius 3 is 2.05 bits per heavy atom. The second-order valence-electron chi connectivity index (χ2n) is 5.49. The third-order valence-electron chi connectivity index (χ3n) is 3.67. The maximum absolute atomic E-state index is 11.8. The van der Waals surface area contributed by atoms with Crippen LogP contribution >= 0.6 is 0 Å². The summed E-state index contributed by atoms with van der Waals surface area (Å²) in [5, 5.41) is 20.4. The van der Waals surface area contributed by atoms with Crippen LogP contribution in [0.25, 0.3) is 0 Å². The minimum Gasteiger partial charge on any atom is -0.396 e. The molecule has 0 aromatic heterocycles. The van der Waals surface area contributed by atoms with E-state index in [1.165, 1.54) is 44.9 Å². The number of nitrogens with one attached hydrogen (secondary N) is 1. The second kappa shape index (κ2) is 14.8. The van der Waals surface area contributed by atoms with Crippen molar-refractivity contribution in [2.45, 2.75) is 71.1 Å². The van der Waals surface area contributed by atoms with Crippen LogP contribution in [0.15, 0.2) is 0 Å². The fourth-order valence-electron chi connectivity index (χ4n) is 2.41. The molecule has 3 N–H and O–H groups in total. The van der Waals surface area contributed by atoms with Gasteiger partial charge in [0.1, 0.15) is 0 Å². The zero-order valence-electron chi connectivity index (χ0n) is 13.1. The molecular weight excluding hydrogens is 254 g/mol. The third-order valence-corrected chi connectivity index (χ3v) is 3.67. The van der Waals surface area contributed by atoms with Gasteiger partial charge in [0.2, 0.25) is 5.91 Å². The van der Waals surface area contributed by atoms with Crippen molar-refractivity contribution in [2.75, 3.05) is 19.8 Å². The minimum absolute atomic E-state index is 0.0314. The molecule has 4 nitrogen and oxygen atoms in total. The van der Waals surface area contributed by atoms with Gasteiger partial charge in [0.25, 0.3) is 0 Å². The zero-order chi connectivity index (χ0) is 15.1.